The highest BCUT2D eigenvalue weighted by molar-refractivity contribution is 5.99. The Hall–Kier alpha value is -3.76. The maximum absolute atomic E-state index is 12.9. The van der Waals surface area contributed by atoms with Crippen molar-refractivity contribution in [3.63, 3.8) is 0 Å². The molecule has 0 spiro atoms. The van der Waals surface area contributed by atoms with Crippen molar-refractivity contribution >= 4 is 23.6 Å². The minimum atomic E-state index is -1.02. The fourth-order valence-electron chi connectivity index (χ4n) is 3.32. The highest BCUT2D eigenvalue weighted by Crippen LogP contribution is 2.17. The van der Waals surface area contributed by atoms with Crippen LogP contribution in [0.2, 0.25) is 0 Å². The van der Waals surface area contributed by atoms with Gasteiger partial charge in [-0.05, 0) is 17.7 Å². The number of nitrogens with two attached hydrogens (primary N) is 1. The van der Waals surface area contributed by atoms with Crippen LogP contribution in [-0.4, -0.2) is 71.1 Å². The molecule has 0 saturated carbocycles. The first kappa shape index (κ1) is 22.9. The lowest BCUT2D eigenvalue weighted by Crippen LogP contribution is -2.57. The van der Waals surface area contributed by atoms with Crippen molar-refractivity contribution in [2.75, 3.05) is 26.2 Å². The van der Waals surface area contributed by atoms with Gasteiger partial charge < -0.3 is 21.1 Å². The summed E-state index contributed by atoms with van der Waals surface area (Å²) in [7, 11) is 0. The highest BCUT2D eigenvalue weighted by Gasteiger charge is 2.32. The molecule has 1 aliphatic rings. The Morgan fingerprint density at radius 1 is 1.06 bits per heavy atom. The average molecular weight is 439 g/mol. The quantitative estimate of drug-likeness (QED) is 0.344. The van der Waals surface area contributed by atoms with Crippen molar-refractivity contribution in [3.05, 3.63) is 71.3 Å². The molecule has 1 heterocycles. The van der Waals surface area contributed by atoms with E-state index in [0.29, 0.717) is 17.5 Å². The third kappa shape index (κ3) is 6.13. The van der Waals surface area contributed by atoms with Crippen LogP contribution in [0.15, 0.2) is 54.6 Å². The number of rotatable bonds is 8. The lowest BCUT2D eigenvalue weighted by atomic mass is 10.1. The molecule has 1 atom stereocenters. The van der Waals surface area contributed by atoms with Gasteiger partial charge in [0.25, 0.3) is 5.91 Å². The molecule has 2 aromatic carbocycles. The summed E-state index contributed by atoms with van der Waals surface area (Å²) in [6.07, 6.45) is -0.312. The van der Waals surface area contributed by atoms with Gasteiger partial charge in [-0.3, -0.25) is 24.6 Å². The van der Waals surface area contributed by atoms with Crippen molar-refractivity contribution in [2.24, 2.45) is 5.73 Å². The van der Waals surface area contributed by atoms with Gasteiger partial charge in [-0.15, -0.1) is 0 Å². The second kappa shape index (κ2) is 10.5. The Labute approximate surface area is 185 Å². The van der Waals surface area contributed by atoms with Crippen LogP contribution in [0.4, 0.5) is 0 Å². The van der Waals surface area contributed by atoms with Crippen LogP contribution in [0.3, 0.4) is 0 Å². The predicted molar refractivity (Wildman–Crippen MR) is 116 cm³/mol. The van der Waals surface area contributed by atoms with Crippen LogP contribution >= 0.6 is 0 Å². The fraction of sp³-hybridized carbons (Fsp3) is 0.273. The van der Waals surface area contributed by atoms with Crippen molar-refractivity contribution in [3.8, 4) is 0 Å². The number of carboxylic acids is 1. The summed E-state index contributed by atoms with van der Waals surface area (Å²) in [5, 5.41) is 20.4. The smallest absolute Gasteiger partial charge is 0.320 e. The number of amidine groups is 1. The summed E-state index contributed by atoms with van der Waals surface area (Å²) in [4.78, 5) is 43.6. The Morgan fingerprint density at radius 2 is 1.72 bits per heavy atom. The van der Waals surface area contributed by atoms with Crippen LogP contribution in [-0.2, 0) is 20.8 Å². The molecule has 1 aliphatic heterocycles. The molecule has 0 aliphatic carbocycles. The number of nitrogens with one attached hydrogen (secondary N) is 2. The first-order chi connectivity index (χ1) is 15.3. The zero-order chi connectivity index (χ0) is 23.1. The van der Waals surface area contributed by atoms with Gasteiger partial charge in [0.1, 0.15) is 12.4 Å². The maximum Gasteiger partial charge on any atom is 0.320 e. The zero-order valence-corrected chi connectivity index (χ0v) is 17.4. The monoisotopic (exact) mass is 439 g/mol. The second-order valence-corrected chi connectivity index (χ2v) is 7.27. The van der Waals surface area contributed by atoms with Crippen molar-refractivity contribution in [1.29, 1.82) is 5.41 Å². The van der Waals surface area contributed by atoms with Crippen molar-refractivity contribution in [2.45, 2.75) is 12.6 Å². The molecule has 0 bridgehead atoms. The van der Waals surface area contributed by atoms with Crippen LogP contribution in [0.25, 0.3) is 0 Å². The van der Waals surface area contributed by atoms with Gasteiger partial charge in [-0.2, -0.15) is 5.06 Å². The Kier molecular flexibility index (Phi) is 7.53. The van der Waals surface area contributed by atoms with E-state index in [9.17, 15) is 14.4 Å². The minimum Gasteiger partial charge on any atom is -0.480 e. The number of hydroxylamine groups is 2. The summed E-state index contributed by atoms with van der Waals surface area (Å²) in [5.41, 5.74) is 7.18. The Morgan fingerprint density at radius 3 is 2.34 bits per heavy atom. The number of nitrogens with zero attached hydrogens (tertiary/aromatic N) is 2. The lowest BCUT2D eigenvalue weighted by molar-refractivity contribution is -0.265. The van der Waals surface area contributed by atoms with Crippen LogP contribution < -0.4 is 11.1 Å². The van der Waals surface area contributed by atoms with Crippen LogP contribution in [0, 0.1) is 5.41 Å². The van der Waals surface area contributed by atoms with E-state index < -0.39 is 18.1 Å². The summed E-state index contributed by atoms with van der Waals surface area (Å²) in [6.45, 7) is -0.0161. The number of benzene rings is 2. The maximum atomic E-state index is 12.9. The summed E-state index contributed by atoms with van der Waals surface area (Å²) in [5.74, 6) is -1.89. The lowest BCUT2D eigenvalue weighted by Gasteiger charge is -2.40. The molecule has 0 aromatic heterocycles. The minimum absolute atomic E-state index is 0.0985. The Bertz CT molecular complexity index is 980. The van der Waals surface area contributed by atoms with E-state index in [0.717, 1.165) is 5.56 Å². The van der Waals surface area contributed by atoms with Crippen LogP contribution in [0.1, 0.15) is 21.5 Å². The molecule has 5 N–H and O–H groups in total. The molecular formula is C22H25N5O5. The molecule has 2 amide bonds. The van der Waals surface area contributed by atoms with Gasteiger partial charge in [0, 0.05) is 30.6 Å². The third-order valence-corrected chi connectivity index (χ3v) is 4.95. The normalized spacial score (nSPS) is 16.4. The number of nitrogen functional groups attached to an aromatic ring is 1. The average Bonchev–Trinajstić information content (AvgIpc) is 2.78. The molecule has 1 fully saturated rings. The van der Waals surface area contributed by atoms with E-state index in [1.165, 1.54) is 22.1 Å². The van der Waals surface area contributed by atoms with Crippen molar-refractivity contribution in [1.82, 2.24) is 15.3 Å². The molecule has 3 rings (SSSR count). The largest absolute Gasteiger partial charge is 0.480 e. The number of carbonyl (C=O) groups excluding carboxylic acids is 2. The van der Waals surface area contributed by atoms with Crippen molar-refractivity contribution < 1.29 is 24.3 Å². The third-order valence-electron chi connectivity index (χ3n) is 4.95. The first-order valence-electron chi connectivity index (χ1n) is 10.0. The van der Waals surface area contributed by atoms with Gasteiger partial charge in [-0.25, -0.2) is 0 Å². The van der Waals surface area contributed by atoms with E-state index in [1.54, 1.807) is 12.1 Å². The summed E-state index contributed by atoms with van der Waals surface area (Å²) < 4.78 is 0. The van der Waals surface area contributed by atoms with Crippen LogP contribution in [0.5, 0.6) is 0 Å². The van der Waals surface area contributed by atoms with Gasteiger partial charge in [0.15, 0.2) is 6.23 Å². The molecule has 32 heavy (non-hydrogen) atoms. The summed E-state index contributed by atoms with van der Waals surface area (Å²) in [6, 6.07) is 15.6. The molecular weight excluding hydrogens is 414 g/mol. The SMILES string of the molecule is N=C(N)c1ccc(C(=O)NCC(=O)N2CCN(CC(=O)O)OC2Cc2ccccc2)cc1. The number of aliphatic carboxylic acids is 1. The van der Waals surface area contributed by atoms with Gasteiger partial charge in [0.2, 0.25) is 5.91 Å². The molecule has 10 nitrogen and oxygen atoms in total. The molecule has 1 saturated heterocycles. The number of hydrogen-bond donors (Lipinski definition) is 4. The van der Waals surface area contributed by atoms with Gasteiger partial charge >= 0.3 is 5.97 Å². The molecule has 2 aromatic rings. The number of carboxylic acid groups (broad SMARTS) is 1. The fourth-order valence-corrected chi connectivity index (χ4v) is 3.32. The number of carbonyl (C=O) groups is 3. The topological polar surface area (TPSA) is 149 Å². The number of amides is 2. The molecule has 0 radical (unpaired) electrons. The summed E-state index contributed by atoms with van der Waals surface area (Å²) >= 11 is 0. The molecule has 10 heteroatoms. The standard InChI is InChI=1S/C22H25N5O5/c23-21(24)16-6-8-17(9-7-16)22(31)25-13-18(28)27-11-10-26(14-20(29)30)32-19(27)12-15-4-2-1-3-5-15/h1-9,19H,10-14H2,(H3,23,24)(H,25,31)(H,29,30). The predicted octanol–water partition coefficient (Wildman–Crippen LogP) is 0.430. The van der Waals surface area contributed by atoms with Gasteiger partial charge in [-0.1, -0.05) is 42.5 Å². The Balaban J connectivity index is 1.63. The molecule has 1 unspecified atom stereocenters. The van der Waals surface area contributed by atoms with E-state index in [-0.39, 0.29) is 37.9 Å². The van der Waals surface area contributed by atoms with E-state index in [1.807, 2.05) is 30.3 Å². The highest BCUT2D eigenvalue weighted by atomic mass is 16.7. The van der Waals surface area contributed by atoms with E-state index >= 15 is 0 Å². The van der Waals surface area contributed by atoms with Gasteiger partial charge in [0.05, 0.1) is 6.54 Å². The zero-order valence-electron chi connectivity index (χ0n) is 17.4. The van der Waals surface area contributed by atoms with E-state index in [2.05, 4.69) is 5.32 Å². The first-order valence-corrected chi connectivity index (χ1v) is 10.0. The van der Waals surface area contributed by atoms with E-state index in [4.69, 9.17) is 21.1 Å². The number of hydrogen-bond acceptors (Lipinski definition) is 6. The second-order valence-electron chi connectivity index (χ2n) is 7.27. The molecule has 168 valence electrons.